The maximum absolute atomic E-state index is 13.3. The highest BCUT2D eigenvalue weighted by molar-refractivity contribution is 5.77. The lowest BCUT2D eigenvalue weighted by atomic mass is 9.85. The zero-order valence-corrected chi connectivity index (χ0v) is 13.0. The highest BCUT2D eigenvalue weighted by Crippen LogP contribution is 2.35. The number of likely N-dealkylation sites (tertiary alicyclic amines) is 1. The Morgan fingerprint density at radius 2 is 2.22 bits per heavy atom. The molecule has 1 fully saturated rings. The van der Waals surface area contributed by atoms with Crippen molar-refractivity contribution in [3.8, 4) is 0 Å². The van der Waals surface area contributed by atoms with Gasteiger partial charge in [0.05, 0.1) is 0 Å². The Bertz CT molecular complexity index is 545. The molecule has 0 aliphatic carbocycles. The fourth-order valence-electron chi connectivity index (χ4n) is 3.47. The number of halogens is 2. The van der Waals surface area contributed by atoms with Crippen LogP contribution in [0.15, 0.2) is 6.33 Å². The van der Waals surface area contributed by atoms with Gasteiger partial charge in [-0.25, -0.2) is 13.5 Å². The molecule has 23 heavy (non-hydrogen) atoms. The van der Waals surface area contributed by atoms with Crippen molar-refractivity contribution in [1.29, 1.82) is 0 Å². The first-order chi connectivity index (χ1) is 11.1. The summed E-state index contributed by atoms with van der Waals surface area (Å²) in [6, 6.07) is -1.00. The smallest absolute Gasteiger partial charge is 0.260 e. The number of carbonyl (C=O) groups is 1. The number of hydrogen-bond acceptors (Lipinski definition) is 5. The zero-order valence-electron chi connectivity index (χ0n) is 13.0. The van der Waals surface area contributed by atoms with E-state index in [9.17, 15) is 13.6 Å². The zero-order chi connectivity index (χ0) is 16.4. The minimum Gasteiger partial charge on any atom is -0.375 e. The molecular formula is C14H21F2N5O2. The van der Waals surface area contributed by atoms with E-state index in [0.29, 0.717) is 25.5 Å². The first-order valence-electron chi connectivity index (χ1n) is 7.81. The van der Waals surface area contributed by atoms with E-state index in [0.717, 1.165) is 12.8 Å². The van der Waals surface area contributed by atoms with Gasteiger partial charge in [-0.2, -0.15) is 10.1 Å². The first kappa shape index (κ1) is 16.1. The quantitative estimate of drug-likeness (QED) is 0.897. The van der Waals surface area contributed by atoms with Gasteiger partial charge >= 0.3 is 0 Å². The summed E-state index contributed by atoms with van der Waals surface area (Å²) in [6.45, 7) is 1.36. The third-order valence-electron chi connectivity index (χ3n) is 4.72. The van der Waals surface area contributed by atoms with E-state index in [1.165, 1.54) is 18.1 Å². The number of ether oxygens (including phenoxy) is 1. The molecular weight excluding hydrogens is 308 g/mol. The fraction of sp³-hybridized carbons (Fsp3) is 0.786. The van der Waals surface area contributed by atoms with Crippen LogP contribution in [0, 0.1) is 5.92 Å². The number of hydrogen-bond donors (Lipinski definition) is 1. The van der Waals surface area contributed by atoms with Crippen LogP contribution in [0.3, 0.4) is 0 Å². The number of fused-ring (bicyclic) bond motifs is 1. The van der Waals surface area contributed by atoms with Crippen LogP contribution < -0.4 is 5.32 Å². The first-order valence-corrected chi connectivity index (χ1v) is 7.81. The predicted octanol–water partition coefficient (Wildman–Crippen LogP) is 1.15. The Hall–Kier alpha value is -1.77. The summed E-state index contributed by atoms with van der Waals surface area (Å²) >= 11 is 0. The van der Waals surface area contributed by atoms with Crippen LogP contribution in [0.2, 0.25) is 0 Å². The van der Waals surface area contributed by atoms with Crippen LogP contribution in [0.25, 0.3) is 0 Å². The number of anilines is 1. The van der Waals surface area contributed by atoms with E-state index in [4.69, 9.17) is 4.74 Å². The molecule has 1 N–H and O–H groups in total. The van der Waals surface area contributed by atoms with Crippen molar-refractivity contribution in [2.45, 2.75) is 37.8 Å². The molecule has 1 saturated heterocycles. The summed E-state index contributed by atoms with van der Waals surface area (Å²) in [5.41, 5.74) is 0. The largest absolute Gasteiger partial charge is 0.375 e. The van der Waals surface area contributed by atoms with Gasteiger partial charge < -0.3 is 15.0 Å². The summed E-state index contributed by atoms with van der Waals surface area (Å²) in [5.74, 6) is 0.630. The second-order valence-corrected chi connectivity index (χ2v) is 6.07. The minimum absolute atomic E-state index is 0.0206. The summed E-state index contributed by atoms with van der Waals surface area (Å²) in [6.07, 6.45) is 0.731. The normalized spacial score (nSPS) is 25.3. The highest BCUT2D eigenvalue weighted by Gasteiger charge is 2.38. The highest BCUT2D eigenvalue weighted by atomic mass is 19.3. The SMILES string of the molecule is COCC(=O)N1CCC([C@@H]2C[C@H](C(F)F)n3ncnc3N2)CC1. The van der Waals surface area contributed by atoms with Crippen molar-refractivity contribution in [3.63, 3.8) is 0 Å². The molecule has 0 radical (unpaired) electrons. The standard InChI is InChI=1S/C14H21F2N5O2/c1-23-7-12(22)20-4-2-9(3-5-20)10-6-11(13(15)16)21-14(19-10)17-8-18-21/h8-11,13H,2-7H2,1H3,(H,17,18,19)/t10-,11+/m0/s1. The fourth-order valence-corrected chi connectivity index (χ4v) is 3.47. The Kier molecular flexibility index (Phi) is 4.74. The van der Waals surface area contributed by atoms with Crippen molar-refractivity contribution in [1.82, 2.24) is 19.7 Å². The van der Waals surface area contributed by atoms with Crippen molar-refractivity contribution in [3.05, 3.63) is 6.33 Å². The van der Waals surface area contributed by atoms with Crippen LogP contribution in [0.1, 0.15) is 25.3 Å². The predicted molar refractivity (Wildman–Crippen MR) is 78.3 cm³/mol. The molecule has 0 bridgehead atoms. The van der Waals surface area contributed by atoms with Gasteiger partial charge in [-0.05, 0) is 25.2 Å². The third-order valence-corrected chi connectivity index (χ3v) is 4.72. The summed E-state index contributed by atoms with van der Waals surface area (Å²) < 4.78 is 32.7. The Morgan fingerprint density at radius 1 is 1.48 bits per heavy atom. The monoisotopic (exact) mass is 329 g/mol. The minimum atomic E-state index is -2.47. The Morgan fingerprint density at radius 3 is 2.87 bits per heavy atom. The summed E-state index contributed by atoms with van der Waals surface area (Å²) in [4.78, 5) is 17.6. The van der Waals surface area contributed by atoms with E-state index >= 15 is 0 Å². The number of carbonyl (C=O) groups excluding carboxylic acids is 1. The number of nitrogens with zero attached hydrogens (tertiary/aromatic N) is 4. The lowest BCUT2D eigenvalue weighted by Crippen LogP contribution is -2.46. The maximum Gasteiger partial charge on any atom is 0.260 e. The van der Waals surface area contributed by atoms with Crippen LogP contribution >= 0.6 is 0 Å². The van der Waals surface area contributed by atoms with Gasteiger partial charge in [0, 0.05) is 26.2 Å². The molecule has 1 aromatic rings. The number of nitrogens with one attached hydrogen (secondary N) is 1. The van der Waals surface area contributed by atoms with Gasteiger partial charge in [0.2, 0.25) is 11.9 Å². The number of piperidine rings is 1. The second kappa shape index (κ2) is 6.77. The Labute approximate surface area is 133 Å². The molecule has 2 atom stereocenters. The van der Waals surface area contributed by atoms with Gasteiger partial charge in [0.1, 0.15) is 19.0 Å². The molecule has 3 rings (SSSR count). The van der Waals surface area contributed by atoms with Gasteiger partial charge in [0.25, 0.3) is 6.43 Å². The van der Waals surface area contributed by atoms with E-state index in [1.54, 1.807) is 4.90 Å². The number of amides is 1. The summed E-state index contributed by atoms with van der Waals surface area (Å²) in [5, 5.41) is 7.12. The molecule has 0 aromatic carbocycles. The molecule has 3 heterocycles. The summed E-state index contributed by atoms with van der Waals surface area (Å²) in [7, 11) is 1.50. The van der Waals surface area contributed by atoms with Crippen LogP contribution in [-0.4, -0.2) is 64.8 Å². The molecule has 0 spiro atoms. The molecule has 9 heteroatoms. The lowest BCUT2D eigenvalue weighted by Gasteiger charge is -2.39. The van der Waals surface area contributed by atoms with Crippen LogP contribution in [0.5, 0.6) is 0 Å². The molecule has 0 saturated carbocycles. The molecule has 0 unspecified atom stereocenters. The van der Waals surface area contributed by atoms with Gasteiger partial charge in [-0.15, -0.1) is 0 Å². The van der Waals surface area contributed by atoms with Crippen LogP contribution in [-0.2, 0) is 9.53 Å². The maximum atomic E-state index is 13.3. The van der Waals surface area contributed by atoms with Crippen molar-refractivity contribution in [2.75, 3.05) is 32.1 Å². The lowest BCUT2D eigenvalue weighted by molar-refractivity contribution is -0.136. The van der Waals surface area contributed by atoms with Gasteiger partial charge in [-0.1, -0.05) is 0 Å². The number of methoxy groups -OCH3 is 1. The molecule has 1 amide bonds. The molecule has 2 aliphatic rings. The topological polar surface area (TPSA) is 72.3 Å². The van der Waals surface area contributed by atoms with Crippen molar-refractivity contribution < 1.29 is 18.3 Å². The average Bonchev–Trinajstić information content (AvgIpc) is 3.02. The average molecular weight is 329 g/mol. The number of alkyl halides is 2. The molecule has 128 valence electrons. The van der Waals surface area contributed by atoms with E-state index in [-0.39, 0.29) is 24.5 Å². The molecule has 2 aliphatic heterocycles. The number of aromatic nitrogens is 3. The molecule has 1 aromatic heterocycles. The van der Waals surface area contributed by atoms with E-state index in [1.807, 2.05) is 0 Å². The Balaban J connectivity index is 1.62. The van der Waals surface area contributed by atoms with Crippen LogP contribution in [0.4, 0.5) is 14.7 Å². The van der Waals surface area contributed by atoms with E-state index in [2.05, 4.69) is 15.4 Å². The van der Waals surface area contributed by atoms with Gasteiger partial charge in [-0.3, -0.25) is 4.79 Å². The van der Waals surface area contributed by atoms with Crippen molar-refractivity contribution >= 4 is 11.9 Å². The second-order valence-electron chi connectivity index (χ2n) is 6.07. The molecule has 7 nitrogen and oxygen atoms in total. The van der Waals surface area contributed by atoms with Crippen molar-refractivity contribution in [2.24, 2.45) is 5.92 Å². The van der Waals surface area contributed by atoms with Gasteiger partial charge in [0.15, 0.2) is 0 Å². The third kappa shape index (κ3) is 3.29. The van der Waals surface area contributed by atoms with E-state index < -0.39 is 12.5 Å². The number of rotatable bonds is 4.